The first-order chi connectivity index (χ1) is 8.31. The Bertz CT molecular complexity index is 438. The number of benzene rings is 1. The third kappa shape index (κ3) is 2.89. The Labute approximate surface area is 101 Å². The molecule has 17 heavy (non-hydrogen) atoms. The van der Waals surface area contributed by atoms with Crippen LogP contribution in [0.25, 0.3) is 0 Å². The van der Waals surface area contributed by atoms with Crippen LogP contribution in [0.4, 0.5) is 0 Å². The van der Waals surface area contributed by atoms with E-state index in [0.717, 1.165) is 24.5 Å². The van der Waals surface area contributed by atoms with Crippen LogP contribution in [0, 0.1) is 18.3 Å². The van der Waals surface area contributed by atoms with Crippen molar-refractivity contribution >= 4 is 0 Å². The number of nitrogens with zero attached hydrogens (tertiary/aromatic N) is 1. The highest BCUT2D eigenvalue weighted by atomic mass is 16.6. The molecule has 1 aromatic rings. The van der Waals surface area contributed by atoms with E-state index in [1.54, 1.807) is 0 Å². The first-order valence-electron chi connectivity index (χ1n) is 5.78. The normalized spacial score (nSPS) is 13.2. The van der Waals surface area contributed by atoms with Crippen LogP contribution in [0.1, 0.15) is 11.1 Å². The van der Waals surface area contributed by atoms with Crippen molar-refractivity contribution in [3.8, 4) is 17.6 Å². The number of nitrogens with one attached hydrogen (secondary N) is 1. The fraction of sp³-hybridized carbons (Fsp3) is 0.462. The lowest BCUT2D eigenvalue weighted by Gasteiger charge is -2.20. The van der Waals surface area contributed by atoms with Crippen molar-refractivity contribution in [3.63, 3.8) is 0 Å². The van der Waals surface area contributed by atoms with Crippen LogP contribution >= 0.6 is 0 Å². The summed E-state index contributed by atoms with van der Waals surface area (Å²) < 4.78 is 11.1. The number of hydrogen-bond acceptors (Lipinski definition) is 4. The van der Waals surface area contributed by atoms with E-state index in [4.69, 9.17) is 14.7 Å². The Hall–Kier alpha value is -1.73. The van der Waals surface area contributed by atoms with E-state index in [1.165, 1.54) is 11.1 Å². The van der Waals surface area contributed by atoms with Gasteiger partial charge in [0.15, 0.2) is 11.5 Å². The monoisotopic (exact) mass is 232 g/mol. The maximum Gasteiger partial charge on any atom is 0.161 e. The molecule has 0 aliphatic carbocycles. The number of rotatable bonds is 4. The third-order valence-electron chi connectivity index (χ3n) is 2.78. The van der Waals surface area contributed by atoms with E-state index in [9.17, 15) is 0 Å². The highest BCUT2D eigenvalue weighted by Crippen LogP contribution is 2.32. The van der Waals surface area contributed by atoms with Gasteiger partial charge in [0.2, 0.25) is 0 Å². The van der Waals surface area contributed by atoms with Crippen LogP contribution in [-0.2, 0) is 6.42 Å². The molecule has 1 N–H and O–H groups in total. The summed E-state index contributed by atoms with van der Waals surface area (Å²) in [6, 6.07) is 6.12. The fourth-order valence-corrected chi connectivity index (χ4v) is 1.87. The predicted octanol–water partition coefficient (Wildman–Crippen LogP) is 1.42. The summed E-state index contributed by atoms with van der Waals surface area (Å²) in [4.78, 5) is 0. The first kappa shape index (κ1) is 11.7. The van der Waals surface area contributed by atoms with Crippen molar-refractivity contribution in [3.05, 3.63) is 23.3 Å². The minimum atomic E-state index is 0.392. The van der Waals surface area contributed by atoms with Gasteiger partial charge in [-0.05, 0) is 36.6 Å². The van der Waals surface area contributed by atoms with E-state index in [-0.39, 0.29) is 0 Å². The van der Waals surface area contributed by atoms with Gasteiger partial charge in [-0.1, -0.05) is 0 Å². The number of ether oxygens (including phenoxy) is 2. The van der Waals surface area contributed by atoms with Crippen LogP contribution in [0.5, 0.6) is 11.5 Å². The Morgan fingerprint density at radius 3 is 2.71 bits per heavy atom. The zero-order chi connectivity index (χ0) is 12.1. The second-order valence-corrected chi connectivity index (χ2v) is 4.01. The van der Waals surface area contributed by atoms with E-state index < -0.39 is 0 Å². The van der Waals surface area contributed by atoms with Crippen LogP contribution in [0.15, 0.2) is 12.1 Å². The summed E-state index contributed by atoms with van der Waals surface area (Å²) in [5.41, 5.74) is 2.44. The second kappa shape index (κ2) is 5.55. The van der Waals surface area contributed by atoms with Gasteiger partial charge in [0.05, 0.1) is 12.6 Å². The topological polar surface area (TPSA) is 54.3 Å². The molecular weight excluding hydrogens is 216 g/mol. The molecule has 1 aliphatic rings. The molecule has 0 radical (unpaired) electrons. The predicted molar refractivity (Wildman–Crippen MR) is 64.4 cm³/mol. The first-order valence-corrected chi connectivity index (χ1v) is 5.78. The summed E-state index contributed by atoms with van der Waals surface area (Å²) >= 11 is 0. The lowest BCUT2D eigenvalue weighted by Crippen LogP contribution is -2.18. The van der Waals surface area contributed by atoms with Gasteiger partial charge in [0.25, 0.3) is 0 Å². The lowest BCUT2D eigenvalue weighted by atomic mass is 10.0. The van der Waals surface area contributed by atoms with Gasteiger partial charge in [-0.3, -0.25) is 0 Å². The molecule has 4 heteroatoms. The van der Waals surface area contributed by atoms with Crippen molar-refractivity contribution in [2.45, 2.75) is 13.3 Å². The average molecular weight is 232 g/mol. The molecule has 0 aromatic heterocycles. The van der Waals surface area contributed by atoms with E-state index >= 15 is 0 Å². The summed E-state index contributed by atoms with van der Waals surface area (Å²) in [7, 11) is 0. The van der Waals surface area contributed by atoms with E-state index in [2.05, 4.69) is 18.3 Å². The van der Waals surface area contributed by atoms with Crippen LogP contribution < -0.4 is 14.8 Å². The van der Waals surface area contributed by atoms with E-state index in [1.807, 2.05) is 12.1 Å². The van der Waals surface area contributed by atoms with Crippen molar-refractivity contribution in [2.75, 3.05) is 26.3 Å². The SMILES string of the molecule is Cc1cc2c(cc1CCNCC#N)OCCO2. The minimum Gasteiger partial charge on any atom is -0.486 e. The molecule has 1 aromatic carbocycles. The summed E-state index contributed by atoms with van der Waals surface area (Å²) in [6.45, 7) is 4.49. The zero-order valence-electron chi connectivity index (χ0n) is 9.95. The highest BCUT2D eigenvalue weighted by molar-refractivity contribution is 5.47. The Balaban J connectivity index is 2.04. The molecule has 0 atom stereocenters. The molecule has 90 valence electrons. The Kier molecular flexibility index (Phi) is 3.84. The molecule has 1 aliphatic heterocycles. The van der Waals surface area contributed by atoms with Crippen molar-refractivity contribution in [2.24, 2.45) is 0 Å². The molecule has 0 fully saturated rings. The Morgan fingerprint density at radius 1 is 1.29 bits per heavy atom. The quantitative estimate of drug-likeness (QED) is 0.630. The smallest absolute Gasteiger partial charge is 0.161 e. The van der Waals surface area contributed by atoms with Crippen LogP contribution in [-0.4, -0.2) is 26.3 Å². The highest BCUT2D eigenvalue weighted by Gasteiger charge is 2.13. The fourth-order valence-electron chi connectivity index (χ4n) is 1.87. The number of nitriles is 1. The molecule has 0 saturated carbocycles. The maximum absolute atomic E-state index is 8.43. The van der Waals surface area contributed by atoms with Gasteiger partial charge in [-0.2, -0.15) is 5.26 Å². The van der Waals surface area contributed by atoms with Crippen molar-refractivity contribution < 1.29 is 9.47 Å². The van der Waals surface area contributed by atoms with Gasteiger partial charge in [-0.25, -0.2) is 0 Å². The van der Waals surface area contributed by atoms with Gasteiger partial charge in [-0.15, -0.1) is 0 Å². The van der Waals surface area contributed by atoms with Crippen LogP contribution in [0.3, 0.4) is 0 Å². The minimum absolute atomic E-state index is 0.392. The Morgan fingerprint density at radius 2 is 2.00 bits per heavy atom. The molecule has 0 amide bonds. The maximum atomic E-state index is 8.43. The zero-order valence-corrected chi connectivity index (χ0v) is 9.95. The molecule has 0 bridgehead atoms. The van der Waals surface area contributed by atoms with Crippen molar-refractivity contribution in [1.82, 2.24) is 5.32 Å². The number of aryl methyl sites for hydroxylation is 1. The molecule has 4 nitrogen and oxygen atoms in total. The summed E-state index contributed by atoms with van der Waals surface area (Å²) in [5, 5.41) is 11.5. The summed E-state index contributed by atoms with van der Waals surface area (Å²) in [5.74, 6) is 1.67. The molecule has 2 rings (SSSR count). The van der Waals surface area contributed by atoms with Crippen molar-refractivity contribution in [1.29, 1.82) is 5.26 Å². The number of fused-ring (bicyclic) bond motifs is 1. The molecule has 1 heterocycles. The molecule has 0 saturated heterocycles. The van der Waals surface area contributed by atoms with Gasteiger partial charge in [0.1, 0.15) is 13.2 Å². The van der Waals surface area contributed by atoms with Gasteiger partial charge in [0, 0.05) is 6.54 Å². The van der Waals surface area contributed by atoms with E-state index in [0.29, 0.717) is 19.8 Å². The molecule has 0 spiro atoms. The average Bonchev–Trinajstić information content (AvgIpc) is 2.35. The van der Waals surface area contributed by atoms with Gasteiger partial charge >= 0.3 is 0 Å². The number of hydrogen-bond donors (Lipinski definition) is 1. The molecular formula is C13H16N2O2. The molecule has 0 unspecified atom stereocenters. The largest absolute Gasteiger partial charge is 0.486 e. The third-order valence-corrected chi connectivity index (χ3v) is 2.78. The summed E-state index contributed by atoms with van der Waals surface area (Å²) in [6.07, 6.45) is 0.893. The van der Waals surface area contributed by atoms with Crippen LogP contribution in [0.2, 0.25) is 0 Å². The lowest BCUT2D eigenvalue weighted by molar-refractivity contribution is 0.171. The standard InChI is InChI=1S/C13H16N2O2/c1-10-8-12-13(17-7-6-16-12)9-11(10)2-4-15-5-3-14/h8-9,15H,2,4-7H2,1H3. The van der Waals surface area contributed by atoms with Gasteiger partial charge < -0.3 is 14.8 Å². The second-order valence-electron chi connectivity index (χ2n) is 4.01.